The summed E-state index contributed by atoms with van der Waals surface area (Å²) in [6.45, 7) is 6.61. The summed E-state index contributed by atoms with van der Waals surface area (Å²) in [7, 11) is 0. The van der Waals surface area contributed by atoms with Gasteiger partial charge in [-0.25, -0.2) is 0 Å². The number of rotatable bonds is 11. The molecule has 0 aliphatic carbocycles. The summed E-state index contributed by atoms with van der Waals surface area (Å²) in [5.74, 6) is -0.510. The van der Waals surface area contributed by atoms with E-state index < -0.39 is 0 Å². The highest BCUT2D eigenvalue weighted by atomic mass is 35.5. The molecule has 0 saturated heterocycles. The van der Waals surface area contributed by atoms with Crippen molar-refractivity contribution in [3.63, 3.8) is 0 Å². The smallest absolute Gasteiger partial charge is 0.277 e. The number of halogens is 1. The third kappa shape index (κ3) is 5.51. The van der Waals surface area contributed by atoms with E-state index >= 15 is 0 Å². The summed E-state index contributed by atoms with van der Waals surface area (Å²) >= 11 is 6.05. The number of benzene rings is 1. The van der Waals surface area contributed by atoms with Gasteiger partial charge in [-0.05, 0) is 62.1 Å². The van der Waals surface area contributed by atoms with Crippen molar-refractivity contribution in [2.24, 2.45) is 0 Å². The summed E-state index contributed by atoms with van der Waals surface area (Å²) in [5, 5.41) is 0.585. The molecule has 164 valence electrons. The van der Waals surface area contributed by atoms with Crippen LogP contribution in [0.3, 0.4) is 0 Å². The first-order valence-electron chi connectivity index (χ1n) is 10.6. The van der Waals surface area contributed by atoms with Crippen molar-refractivity contribution in [1.82, 2.24) is 14.8 Å². The van der Waals surface area contributed by atoms with Crippen molar-refractivity contribution in [3.8, 4) is 0 Å². The Balaban J connectivity index is 1.90. The van der Waals surface area contributed by atoms with Gasteiger partial charge < -0.3 is 9.64 Å². The van der Waals surface area contributed by atoms with Gasteiger partial charge >= 0.3 is 0 Å². The van der Waals surface area contributed by atoms with Gasteiger partial charge in [-0.2, -0.15) is 0 Å². The number of ether oxygens (including phenoxy) is 1. The van der Waals surface area contributed by atoms with Gasteiger partial charge in [-0.15, -0.1) is 0 Å². The summed E-state index contributed by atoms with van der Waals surface area (Å²) in [5.41, 5.74) is 2.73. The molecule has 6 nitrogen and oxygen atoms in total. The third-order valence-corrected chi connectivity index (χ3v) is 5.52. The fourth-order valence-electron chi connectivity index (χ4n) is 3.65. The minimum Gasteiger partial charge on any atom is -0.382 e. The van der Waals surface area contributed by atoms with E-state index in [0.717, 1.165) is 12.0 Å². The highest BCUT2D eigenvalue weighted by Gasteiger charge is 2.40. The van der Waals surface area contributed by atoms with E-state index in [1.54, 1.807) is 36.7 Å². The molecule has 0 N–H and O–H groups in total. The van der Waals surface area contributed by atoms with Crippen molar-refractivity contribution in [3.05, 3.63) is 70.6 Å². The van der Waals surface area contributed by atoms with Gasteiger partial charge in [0.15, 0.2) is 0 Å². The highest BCUT2D eigenvalue weighted by Crippen LogP contribution is 2.32. The second-order valence-electron chi connectivity index (χ2n) is 7.23. The molecule has 31 heavy (non-hydrogen) atoms. The maximum Gasteiger partial charge on any atom is 0.277 e. The van der Waals surface area contributed by atoms with Gasteiger partial charge in [0.1, 0.15) is 5.70 Å². The number of carbonyl (C=O) groups excluding carboxylic acids is 2. The number of hydrogen-bond acceptors (Lipinski definition) is 5. The van der Waals surface area contributed by atoms with E-state index in [1.165, 1.54) is 4.90 Å². The first-order chi connectivity index (χ1) is 15.1. The molecule has 0 atom stereocenters. The van der Waals surface area contributed by atoms with Crippen LogP contribution in [-0.4, -0.2) is 59.4 Å². The number of imide groups is 1. The summed E-state index contributed by atoms with van der Waals surface area (Å²) in [6, 6.07) is 11.0. The lowest BCUT2D eigenvalue weighted by Gasteiger charge is -2.25. The number of pyridine rings is 1. The van der Waals surface area contributed by atoms with E-state index in [4.69, 9.17) is 16.3 Å². The summed E-state index contributed by atoms with van der Waals surface area (Å²) in [4.78, 5) is 34.1. The van der Waals surface area contributed by atoms with Crippen LogP contribution in [0.5, 0.6) is 0 Å². The molecular formula is C24H28ClN3O3. The van der Waals surface area contributed by atoms with Crippen LogP contribution < -0.4 is 0 Å². The summed E-state index contributed by atoms with van der Waals surface area (Å²) < 4.78 is 5.38. The van der Waals surface area contributed by atoms with Crippen LogP contribution in [0.15, 0.2) is 54.5 Å². The van der Waals surface area contributed by atoms with Crippen LogP contribution in [0.1, 0.15) is 31.4 Å². The Hall–Kier alpha value is -2.70. The minimum absolute atomic E-state index is 0.247. The van der Waals surface area contributed by atoms with Crippen LogP contribution in [-0.2, 0) is 20.7 Å². The van der Waals surface area contributed by atoms with Gasteiger partial charge in [-0.1, -0.05) is 23.7 Å². The predicted molar refractivity (Wildman–Crippen MR) is 121 cm³/mol. The maximum absolute atomic E-state index is 13.4. The first-order valence-corrected chi connectivity index (χ1v) is 11.0. The van der Waals surface area contributed by atoms with Crippen LogP contribution in [0.2, 0.25) is 5.02 Å². The molecule has 2 aromatic rings. The summed E-state index contributed by atoms with van der Waals surface area (Å²) in [6.07, 6.45) is 4.87. The number of aromatic nitrogens is 1. The second-order valence-corrected chi connectivity index (χ2v) is 7.66. The van der Waals surface area contributed by atoms with E-state index in [2.05, 4.69) is 4.98 Å². The normalized spacial score (nSPS) is 14.0. The zero-order chi connectivity index (χ0) is 22.2. The molecule has 2 heterocycles. The molecule has 3 rings (SSSR count). The molecule has 1 aliphatic heterocycles. The van der Waals surface area contributed by atoms with Gasteiger partial charge in [0.2, 0.25) is 0 Å². The number of likely N-dealkylation sites (N-methyl/N-ethyl adjacent to an activating group) is 1. The van der Waals surface area contributed by atoms with Crippen LogP contribution in [0.4, 0.5) is 0 Å². The van der Waals surface area contributed by atoms with Gasteiger partial charge in [0, 0.05) is 50.3 Å². The quantitative estimate of drug-likeness (QED) is 0.392. The Labute approximate surface area is 188 Å². The number of amides is 2. The van der Waals surface area contributed by atoms with Gasteiger partial charge in [0.25, 0.3) is 11.8 Å². The topological polar surface area (TPSA) is 62.7 Å². The van der Waals surface area contributed by atoms with Crippen LogP contribution in [0.25, 0.3) is 5.57 Å². The average Bonchev–Trinajstić information content (AvgIpc) is 3.03. The van der Waals surface area contributed by atoms with E-state index in [1.807, 2.05) is 30.9 Å². The zero-order valence-corrected chi connectivity index (χ0v) is 18.8. The predicted octanol–water partition coefficient (Wildman–Crippen LogP) is 3.81. The largest absolute Gasteiger partial charge is 0.382 e. The van der Waals surface area contributed by atoms with Crippen molar-refractivity contribution in [2.75, 3.05) is 32.8 Å². The molecule has 0 bridgehead atoms. The Morgan fingerprint density at radius 3 is 2.39 bits per heavy atom. The average molecular weight is 442 g/mol. The maximum atomic E-state index is 13.4. The lowest BCUT2D eigenvalue weighted by atomic mass is 10.0. The Morgan fingerprint density at radius 1 is 1.03 bits per heavy atom. The van der Waals surface area contributed by atoms with Crippen molar-refractivity contribution >= 4 is 29.0 Å². The zero-order valence-electron chi connectivity index (χ0n) is 18.0. The molecule has 0 spiro atoms. The molecule has 1 aromatic carbocycles. The lowest BCUT2D eigenvalue weighted by Crippen LogP contribution is -2.36. The highest BCUT2D eigenvalue weighted by molar-refractivity contribution is 6.36. The number of nitrogens with zero attached hydrogens (tertiary/aromatic N) is 3. The van der Waals surface area contributed by atoms with Gasteiger partial charge in [-0.3, -0.25) is 19.5 Å². The van der Waals surface area contributed by atoms with Crippen LogP contribution >= 0.6 is 11.6 Å². The van der Waals surface area contributed by atoms with E-state index in [9.17, 15) is 9.59 Å². The molecule has 2 amide bonds. The Kier molecular flexibility index (Phi) is 8.20. The SMILES string of the molecule is CCOCCCN1C(=O)C(c2ccc(Cl)cc2)=C(N(CC)CCc2ccncc2)C1=O. The second kappa shape index (κ2) is 11.1. The Bertz CT molecular complexity index is 929. The van der Waals surface area contributed by atoms with Crippen molar-refractivity contribution < 1.29 is 14.3 Å². The molecule has 0 fully saturated rings. The van der Waals surface area contributed by atoms with Gasteiger partial charge in [0.05, 0.1) is 5.57 Å². The Morgan fingerprint density at radius 2 is 1.74 bits per heavy atom. The molecule has 0 unspecified atom stereocenters. The fourth-order valence-corrected chi connectivity index (χ4v) is 3.77. The standard InChI is InChI=1S/C24H28ClN3O3/c1-3-27(16-12-18-10-13-26-14-11-18)22-21(19-6-8-20(25)9-7-19)23(29)28(24(22)30)15-5-17-31-4-2/h6-11,13-14H,3-5,12,15-17H2,1-2H3. The van der Waals surface area contributed by atoms with E-state index in [0.29, 0.717) is 61.1 Å². The monoisotopic (exact) mass is 441 g/mol. The molecule has 0 radical (unpaired) electrons. The fraction of sp³-hybridized carbons (Fsp3) is 0.375. The van der Waals surface area contributed by atoms with E-state index in [-0.39, 0.29) is 11.8 Å². The van der Waals surface area contributed by atoms with Crippen molar-refractivity contribution in [2.45, 2.75) is 26.7 Å². The number of hydrogen-bond donors (Lipinski definition) is 0. The molecule has 0 saturated carbocycles. The molecule has 7 heteroatoms. The molecule has 1 aliphatic rings. The minimum atomic E-state index is -0.263. The first kappa shape index (κ1) is 23.0. The molecule has 1 aromatic heterocycles. The van der Waals surface area contributed by atoms with Crippen LogP contribution in [0, 0.1) is 0 Å². The van der Waals surface area contributed by atoms with Crippen molar-refractivity contribution in [1.29, 1.82) is 0 Å². The molecular weight excluding hydrogens is 414 g/mol. The lowest BCUT2D eigenvalue weighted by molar-refractivity contribution is -0.137. The third-order valence-electron chi connectivity index (χ3n) is 5.27. The number of carbonyl (C=O) groups is 2.